The van der Waals surface area contributed by atoms with E-state index in [-0.39, 0.29) is 11.7 Å². The Kier molecular flexibility index (Phi) is 3.95. The standard InChI is InChI=1S/C18H18FN5O2/c1-22-7-8-26-15-10-20-24-6-5-16(21-17(15)24)23(2)11-12-9-13(19)3-4-14(12)18(22)25/h3-6,9-10H,7-8,11H2,1-2H3. The first kappa shape index (κ1) is 16.3. The van der Waals surface area contributed by atoms with Gasteiger partial charge in [-0.3, -0.25) is 4.79 Å². The molecule has 0 saturated heterocycles. The average Bonchev–Trinajstić information content (AvgIpc) is 3.03. The van der Waals surface area contributed by atoms with Gasteiger partial charge in [0.15, 0.2) is 11.4 Å². The van der Waals surface area contributed by atoms with E-state index in [9.17, 15) is 9.18 Å². The normalized spacial score (nSPS) is 15.3. The minimum absolute atomic E-state index is 0.170. The summed E-state index contributed by atoms with van der Waals surface area (Å²) >= 11 is 0. The Hall–Kier alpha value is -3.16. The van der Waals surface area contributed by atoms with Crippen molar-refractivity contribution in [3.8, 4) is 5.75 Å². The van der Waals surface area contributed by atoms with Crippen molar-refractivity contribution in [2.24, 2.45) is 0 Å². The van der Waals surface area contributed by atoms with Crippen LogP contribution in [0.1, 0.15) is 15.9 Å². The molecule has 8 heteroatoms. The minimum atomic E-state index is -0.373. The van der Waals surface area contributed by atoms with Crippen LogP contribution in [-0.4, -0.2) is 52.7 Å². The van der Waals surface area contributed by atoms with Gasteiger partial charge in [0.1, 0.15) is 18.2 Å². The SMILES string of the molecule is CN1CCOc2cnn3ccc(nc23)N(C)Cc2cc(F)ccc2C1=O. The highest BCUT2D eigenvalue weighted by molar-refractivity contribution is 5.95. The van der Waals surface area contributed by atoms with Crippen LogP contribution in [0.3, 0.4) is 0 Å². The van der Waals surface area contributed by atoms with Crippen molar-refractivity contribution in [3.05, 3.63) is 53.6 Å². The number of likely N-dealkylation sites (N-methyl/N-ethyl adjacent to an activating group) is 1. The summed E-state index contributed by atoms with van der Waals surface area (Å²) < 4.78 is 21.2. The number of carbonyl (C=O) groups is 1. The highest BCUT2D eigenvalue weighted by Crippen LogP contribution is 2.23. The zero-order valence-electron chi connectivity index (χ0n) is 14.5. The van der Waals surface area contributed by atoms with E-state index in [4.69, 9.17) is 4.74 Å². The lowest BCUT2D eigenvalue weighted by atomic mass is 10.1. The summed E-state index contributed by atoms with van der Waals surface area (Å²) in [6.45, 7) is 1.05. The fourth-order valence-electron chi connectivity index (χ4n) is 2.99. The highest BCUT2D eigenvalue weighted by Gasteiger charge is 2.19. The Morgan fingerprint density at radius 2 is 2.04 bits per heavy atom. The first-order valence-electron chi connectivity index (χ1n) is 8.25. The zero-order chi connectivity index (χ0) is 18.3. The maximum Gasteiger partial charge on any atom is 0.254 e. The molecule has 0 unspecified atom stereocenters. The summed E-state index contributed by atoms with van der Waals surface area (Å²) in [5, 5.41) is 4.22. The lowest BCUT2D eigenvalue weighted by Gasteiger charge is -2.22. The van der Waals surface area contributed by atoms with E-state index in [1.54, 1.807) is 28.9 Å². The molecule has 4 rings (SSSR count). The molecule has 0 spiro atoms. The number of ether oxygens (including phenoxy) is 1. The van der Waals surface area contributed by atoms with Gasteiger partial charge in [0.05, 0.1) is 12.7 Å². The molecule has 1 aliphatic heterocycles. The van der Waals surface area contributed by atoms with Crippen molar-refractivity contribution in [2.45, 2.75) is 6.54 Å². The first-order valence-corrected chi connectivity index (χ1v) is 8.25. The Bertz CT molecular complexity index is 987. The molecule has 1 aliphatic rings. The van der Waals surface area contributed by atoms with Crippen molar-refractivity contribution in [3.63, 3.8) is 0 Å². The zero-order valence-corrected chi connectivity index (χ0v) is 14.5. The number of rotatable bonds is 0. The largest absolute Gasteiger partial charge is 0.486 e. The Labute approximate surface area is 149 Å². The number of carbonyl (C=O) groups excluding carboxylic acids is 1. The molecule has 26 heavy (non-hydrogen) atoms. The molecule has 0 saturated carbocycles. The molecule has 0 N–H and O–H groups in total. The monoisotopic (exact) mass is 355 g/mol. The molecule has 0 aliphatic carbocycles. The molecule has 134 valence electrons. The number of aromatic nitrogens is 3. The fraction of sp³-hybridized carbons (Fsp3) is 0.278. The lowest BCUT2D eigenvalue weighted by Crippen LogP contribution is -2.32. The van der Waals surface area contributed by atoms with Gasteiger partial charge in [-0.05, 0) is 29.8 Å². The first-order chi connectivity index (χ1) is 12.5. The van der Waals surface area contributed by atoms with Crippen LogP contribution in [-0.2, 0) is 6.54 Å². The number of nitrogens with zero attached hydrogens (tertiary/aromatic N) is 5. The second-order valence-corrected chi connectivity index (χ2v) is 6.30. The van der Waals surface area contributed by atoms with Crippen molar-refractivity contribution in [1.29, 1.82) is 0 Å². The summed E-state index contributed by atoms with van der Waals surface area (Å²) in [4.78, 5) is 20.8. The summed E-state index contributed by atoms with van der Waals surface area (Å²) in [6.07, 6.45) is 3.40. The topological polar surface area (TPSA) is 63.0 Å². The quantitative estimate of drug-likeness (QED) is 0.617. The van der Waals surface area contributed by atoms with Crippen LogP contribution in [0.5, 0.6) is 5.75 Å². The van der Waals surface area contributed by atoms with E-state index >= 15 is 0 Å². The number of hydrogen-bond acceptors (Lipinski definition) is 5. The van der Waals surface area contributed by atoms with Gasteiger partial charge in [0.2, 0.25) is 0 Å². The molecule has 3 heterocycles. The van der Waals surface area contributed by atoms with Gasteiger partial charge in [-0.1, -0.05) is 0 Å². The Morgan fingerprint density at radius 1 is 1.19 bits per heavy atom. The third kappa shape index (κ3) is 2.83. The van der Waals surface area contributed by atoms with Gasteiger partial charge in [0.25, 0.3) is 5.91 Å². The molecular weight excluding hydrogens is 337 g/mol. The van der Waals surface area contributed by atoms with Crippen LogP contribution < -0.4 is 9.64 Å². The lowest BCUT2D eigenvalue weighted by molar-refractivity contribution is 0.0773. The van der Waals surface area contributed by atoms with Gasteiger partial charge in [-0.25, -0.2) is 13.9 Å². The predicted molar refractivity (Wildman–Crippen MR) is 93.9 cm³/mol. The number of benzene rings is 1. The van der Waals surface area contributed by atoms with Gasteiger partial charge >= 0.3 is 0 Å². The second-order valence-electron chi connectivity index (χ2n) is 6.30. The molecule has 2 aromatic heterocycles. The van der Waals surface area contributed by atoms with Gasteiger partial charge in [0, 0.05) is 32.4 Å². The van der Waals surface area contributed by atoms with Crippen LogP contribution in [0.15, 0.2) is 36.7 Å². The highest BCUT2D eigenvalue weighted by atomic mass is 19.1. The molecule has 3 aromatic rings. The van der Waals surface area contributed by atoms with Crippen molar-refractivity contribution in [1.82, 2.24) is 19.5 Å². The Balaban J connectivity index is 1.82. The van der Waals surface area contributed by atoms with Crippen molar-refractivity contribution < 1.29 is 13.9 Å². The van der Waals surface area contributed by atoms with Crippen LogP contribution in [0, 0.1) is 5.82 Å². The van der Waals surface area contributed by atoms with E-state index in [0.717, 1.165) is 0 Å². The molecule has 1 amide bonds. The maximum atomic E-state index is 13.8. The van der Waals surface area contributed by atoms with Crippen LogP contribution in [0.2, 0.25) is 0 Å². The van der Waals surface area contributed by atoms with Crippen LogP contribution in [0.4, 0.5) is 10.2 Å². The smallest absolute Gasteiger partial charge is 0.254 e. The summed E-state index contributed by atoms with van der Waals surface area (Å²) in [5.41, 5.74) is 1.69. The fourth-order valence-corrected chi connectivity index (χ4v) is 2.99. The number of hydrogen-bond donors (Lipinski definition) is 0. The van der Waals surface area contributed by atoms with Gasteiger partial charge < -0.3 is 14.5 Å². The van der Waals surface area contributed by atoms with E-state index in [1.807, 2.05) is 18.0 Å². The summed E-state index contributed by atoms with van der Waals surface area (Å²) in [6, 6.07) is 6.05. The number of fused-ring (bicyclic) bond motifs is 2. The molecular formula is C18H18FN5O2. The van der Waals surface area contributed by atoms with Crippen LogP contribution in [0.25, 0.3) is 5.65 Å². The van der Waals surface area contributed by atoms with E-state index in [2.05, 4.69) is 10.1 Å². The molecule has 1 aromatic carbocycles. The summed E-state index contributed by atoms with van der Waals surface area (Å²) in [7, 11) is 3.55. The predicted octanol–water partition coefficient (Wildman–Crippen LogP) is 1.97. The van der Waals surface area contributed by atoms with E-state index in [1.165, 1.54) is 18.2 Å². The number of halogens is 1. The van der Waals surface area contributed by atoms with Crippen LogP contribution >= 0.6 is 0 Å². The third-order valence-corrected chi connectivity index (χ3v) is 4.45. The molecule has 2 bridgehead atoms. The Morgan fingerprint density at radius 3 is 2.88 bits per heavy atom. The summed E-state index contributed by atoms with van der Waals surface area (Å²) in [5.74, 6) is 0.694. The van der Waals surface area contributed by atoms with Gasteiger partial charge in [-0.15, -0.1) is 0 Å². The molecule has 7 nitrogen and oxygen atoms in total. The average molecular weight is 355 g/mol. The third-order valence-electron chi connectivity index (χ3n) is 4.45. The van der Waals surface area contributed by atoms with Crippen molar-refractivity contribution in [2.75, 3.05) is 32.1 Å². The molecule has 0 radical (unpaired) electrons. The van der Waals surface area contributed by atoms with E-state index < -0.39 is 0 Å². The second kappa shape index (κ2) is 6.29. The minimum Gasteiger partial charge on any atom is -0.486 e. The number of amides is 1. The maximum absolute atomic E-state index is 13.8. The van der Waals surface area contributed by atoms with Crippen molar-refractivity contribution >= 4 is 17.4 Å². The number of anilines is 1. The van der Waals surface area contributed by atoms with E-state index in [0.29, 0.717) is 48.0 Å². The molecule has 0 fully saturated rings. The molecule has 0 atom stereocenters. The van der Waals surface area contributed by atoms with Gasteiger partial charge in [-0.2, -0.15) is 5.10 Å².